The Kier molecular flexibility index (Phi) is 3.45. The van der Waals surface area contributed by atoms with Gasteiger partial charge in [-0.2, -0.15) is 0 Å². The molecule has 1 unspecified atom stereocenters. The molecule has 2 fully saturated rings. The van der Waals surface area contributed by atoms with Gasteiger partial charge in [0.15, 0.2) is 0 Å². The number of fused-ring (bicyclic) bond motifs is 5. The van der Waals surface area contributed by atoms with E-state index < -0.39 is 6.10 Å². The molecule has 4 aliphatic rings. The fraction of sp³-hybridized carbons (Fsp3) is 0.714. The molecule has 0 aromatic heterocycles. The molecule has 2 saturated carbocycles. The second-order valence-corrected chi connectivity index (χ2v) is 8.69. The summed E-state index contributed by atoms with van der Waals surface area (Å²) in [5.74, 6) is 1.76. The van der Waals surface area contributed by atoms with Gasteiger partial charge < -0.3 is 10.2 Å². The van der Waals surface area contributed by atoms with E-state index in [-0.39, 0.29) is 16.9 Å². The normalized spacial score (nSPS) is 51.7. The van der Waals surface area contributed by atoms with Gasteiger partial charge in [-0.05, 0) is 72.8 Å². The lowest BCUT2D eigenvalue weighted by molar-refractivity contribution is -0.0579. The van der Waals surface area contributed by atoms with Crippen LogP contribution in [0.25, 0.3) is 0 Å². The van der Waals surface area contributed by atoms with Gasteiger partial charge in [-0.3, -0.25) is 0 Å². The lowest BCUT2D eigenvalue weighted by Gasteiger charge is -2.57. The topological polar surface area (TPSA) is 40.5 Å². The molecule has 0 spiro atoms. The summed E-state index contributed by atoms with van der Waals surface area (Å²) in [6.45, 7) is 8.62. The van der Waals surface area contributed by atoms with Crippen molar-refractivity contribution in [1.82, 2.24) is 0 Å². The average Bonchev–Trinajstić information content (AvgIpc) is 2.84. The minimum Gasteiger partial charge on any atom is -0.393 e. The van der Waals surface area contributed by atoms with Crippen LogP contribution < -0.4 is 0 Å². The van der Waals surface area contributed by atoms with Gasteiger partial charge in [0.2, 0.25) is 0 Å². The molecule has 126 valence electrons. The minimum absolute atomic E-state index is 0.0958. The largest absolute Gasteiger partial charge is 0.393 e. The molecule has 0 aromatic carbocycles. The van der Waals surface area contributed by atoms with E-state index in [2.05, 4.69) is 38.7 Å². The summed E-state index contributed by atoms with van der Waals surface area (Å²) in [6, 6.07) is 0. The maximum atomic E-state index is 10.5. The molecular formula is C21H30O2. The van der Waals surface area contributed by atoms with Crippen LogP contribution in [0.3, 0.4) is 0 Å². The smallest absolute Gasteiger partial charge is 0.0793 e. The van der Waals surface area contributed by atoms with Gasteiger partial charge in [-0.25, -0.2) is 0 Å². The predicted octanol–water partition coefficient (Wildman–Crippen LogP) is 4.00. The highest BCUT2D eigenvalue weighted by molar-refractivity contribution is 5.43. The van der Waals surface area contributed by atoms with Gasteiger partial charge in [0, 0.05) is 5.41 Å². The van der Waals surface area contributed by atoms with E-state index in [0.29, 0.717) is 17.8 Å². The maximum absolute atomic E-state index is 10.5. The predicted molar refractivity (Wildman–Crippen MR) is 92.8 cm³/mol. The molecule has 4 rings (SSSR count). The minimum atomic E-state index is -0.395. The first kappa shape index (κ1) is 15.7. The first-order valence-electron chi connectivity index (χ1n) is 9.37. The quantitative estimate of drug-likeness (QED) is 0.768. The lowest BCUT2D eigenvalue weighted by atomic mass is 9.48. The van der Waals surface area contributed by atoms with E-state index >= 15 is 0 Å². The monoisotopic (exact) mass is 314 g/mol. The highest BCUT2D eigenvalue weighted by Crippen LogP contribution is 2.64. The Bertz CT molecular complexity index is 589. The van der Waals surface area contributed by atoms with Crippen molar-refractivity contribution in [3.05, 3.63) is 36.0 Å². The van der Waals surface area contributed by atoms with Crippen LogP contribution in [0.15, 0.2) is 36.0 Å². The Morgan fingerprint density at radius 2 is 2.00 bits per heavy atom. The van der Waals surface area contributed by atoms with Crippen molar-refractivity contribution in [2.24, 2.45) is 28.6 Å². The van der Waals surface area contributed by atoms with E-state index in [1.54, 1.807) is 0 Å². The summed E-state index contributed by atoms with van der Waals surface area (Å²) in [7, 11) is 0. The third-order valence-corrected chi connectivity index (χ3v) is 8.02. The van der Waals surface area contributed by atoms with Crippen molar-refractivity contribution in [2.75, 3.05) is 0 Å². The van der Waals surface area contributed by atoms with Gasteiger partial charge in [0.1, 0.15) is 0 Å². The van der Waals surface area contributed by atoms with Crippen molar-refractivity contribution in [1.29, 1.82) is 0 Å². The van der Waals surface area contributed by atoms with Crippen molar-refractivity contribution in [3.63, 3.8) is 0 Å². The first-order chi connectivity index (χ1) is 10.9. The molecule has 0 heterocycles. The molecule has 2 N–H and O–H groups in total. The summed E-state index contributed by atoms with van der Waals surface area (Å²) in [5.41, 5.74) is 2.45. The Labute approximate surface area is 140 Å². The van der Waals surface area contributed by atoms with E-state index in [1.807, 2.05) is 0 Å². The van der Waals surface area contributed by atoms with Crippen LogP contribution in [0.5, 0.6) is 0 Å². The van der Waals surface area contributed by atoms with Crippen LogP contribution in [0, 0.1) is 28.6 Å². The molecule has 0 aromatic rings. The zero-order chi connectivity index (χ0) is 16.4. The number of aliphatic hydroxyl groups is 2. The third kappa shape index (κ3) is 1.94. The van der Waals surface area contributed by atoms with Crippen LogP contribution in [0.1, 0.15) is 52.4 Å². The van der Waals surface area contributed by atoms with Gasteiger partial charge in [0.25, 0.3) is 0 Å². The molecule has 0 amide bonds. The van der Waals surface area contributed by atoms with Crippen LogP contribution in [0.2, 0.25) is 0 Å². The Balaban J connectivity index is 1.78. The van der Waals surface area contributed by atoms with E-state index in [1.165, 1.54) is 12.0 Å². The molecule has 4 aliphatic carbocycles. The van der Waals surface area contributed by atoms with Crippen LogP contribution >= 0.6 is 0 Å². The fourth-order valence-electron chi connectivity index (χ4n) is 6.52. The number of aliphatic hydroxyl groups excluding tert-OH is 2. The summed E-state index contributed by atoms with van der Waals surface area (Å²) in [6.07, 6.45) is 12.7. The Morgan fingerprint density at radius 1 is 1.22 bits per heavy atom. The average molecular weight is 314 g/mol. The van der Waals surface area contributed by atoms with Gasteiger partial charge in [-0.1, -0.05) is 38.7 Å². The highest BCUT2D eigenvalue weighted by Gasteiger charge is 2.58. The van der Waals surface area contributed by atoms with Crippen LogP contribution in [-0.4, -0.2) is 22.4 Å². The molecule has 2 heteroatoms. The van der Waals surface area contributed by atoms with Crippen molar-refractivity contribution >= 4 is 0 Å². The van der Waals surface area contributed by atoms with Gasteiger partial charge in [-0.15, -0.1) is 0 Å². The maximum Gasteiger partial charge on any atom is 0.0793 e. The van der Waals surface area contributed by atoms with E-state index in [9.17, 15) is 10.2 Å². The second-order valence-electron chi connectivity index (χ2n) is 8.69. The van der Waals surface area contributed by atoms with Crippen molar-refractivity contribution in [3.8, 4) is 0 Å². The molecule has 0 saturated heterocycles. The first-order valence-corrected chi connectivity index (χ1v) is 9.37. The Hall–Kier alpha value is -0.860. The summed E-state index contributed by atoms with van der Waals surface area (Å²) < 4.78 is 0. The molecule has 0 bridgehead atoms. The molecular weight excluding hydrogens is 284 g/mol. The van der Waals surface area contributed by atoms with Crippen LogP contribution in [-0.2, 0) is 0 Å². The summed E-state index contributed by atoms with van der Waals surface area (Å²) >= 11 is 0. The number of allylic oxidation sites excluding steroid dienone is 3. The van der Waals surface area contributed by atoms with Gasteiger partial charge >= 0.3 is 0 Å². The van der Waals surface area contributed by atoms with Crippen molar-refractivity contribution in [2.45, 2.75) is 64.6 Å². The fourth-order valence-corrected chi connectivity index (χ4v) is 6.52. The lowest BCUT2D eigenvalue weighted by Crippen LogP contribution is -2.51. The molecule has 2 nitrogen and oxygen atoms in total. The van der Waals surface area contributed by atoms with Crippen molar-refractivity contribution < 1.29 is 10.2 Å². The summed E-state index contributed by atoms with van der Waals surface area (Å²) in [4.78, 5) is 0. The zero-order valence-corrected chi connectivity index (χ0v) is 14.5. The Morgan fingerprint density at radius 3 is 2.74 bits per heavy atom. The molecule has 7 atom stereocenters. The van der Waals surface area contributed by atoms with Crippen LogP contribution in [0.4, 0.5) is 0 Å². The number of hydrogen-bond acceptors (Lipinski definition) is 2. The van der Waals surface area contributed by atoms with Gasteiger partial charge in [0.05, 0.1) is 12.2 Å². The van der Waals surface area contributed by atoms with E-state index in [0.717, 1.165) is 37.7 Å². The molecule has 23 heavy (non-hydrogen) atoms. The second kappa shape index (κ2) is 5.07. The number of hydrogen-bond donors (Lipinski definition) is 2. The summed E-state index contributed by atoms with van der Waals surface area (Å²) in [5, 5.41) is 21.0. The molecule has 0 radical (unpaired) electrons. The standard InChI is InChI=1S/C21H30O2/c1-4-21-12-18(22)13(2)11-14(21)5-6-15-16-7-8-19(23)20(16,3)10-9-17(15)21/h5-6,11,15-19,22-23H,2,4,7-10,12H2,1,3H3/t15-,16-,17-,18-,19?,20-,21-/m0/s1. The SMILES string of the molecule is C=C1C=C2C=C[C@@H]3[C@H](CC[C@]4(C)C(O)CC[C@@H]34)[C@@]2(CC)C[C@@H]1O. The zero-order valence-electron chi connectivity index (χ0n) is 14.5. The number of rotatable bonds is 1. The van der Waals surface area contributed by atoms with E-state index in [4.69, 9.17) is 0 Å². The third-order valence-electron chi connectivity index (χ3n) is 8.02. The highest BCUT2D eigenvalue weighted by atomic mass is 16.3. The molecule has 0 aliphatic heterocycles.